The predicted octanol–water partition coefficient (Wildman–Crippen LogP) is 4.84. The topological polar surface area (TPSA) is 0 Å². The number of rotatable bonds is 0. The minimum atomic E-state index is 0.450. The Balaban J connectivity index is 2.14. The lowest BCUT2D eigenvalue weighted by Crippen LogP contribution is -2.40. The first kappa shape index (κ1) is 10.7. The van der Waals surface area contributed by atoms with Gasteiger partial charge in [-0.1, -0.05) is 38.5 Å². The minimum absolute atomic E-state index is 0.450. The molecule has 1 heteroatoms. The Morgan fingerprint density at radius 3 is 2.69 bits per heavy atom. The van der Waals surface area contributed by atoms with Gasteiger partial charge in [0, 0.05) is 15.6 Å². The van der Waals surface area contributed by atoms with E-state index in [0.29, 0.717) is 10.2 Å². The van der Waals surface area contributed by atoms with Crippen LogP contribution in [0.3, 0.4) is 0 Å². The van der Waals surface area contributed by atoms with Crippen LogP contribution in [0.25, 0.3) is 0 Å². The van der Waals surface area contributed by atoms with Crippen LogP contribution in [-0.2, 0) is 0 Å². The second-order valence-electron chi connectivity index (χ2n) is 6.23. The van der Waals surface area contributed by atoms with Crippen LogP contribution in [-0.4, -0.2) is 4.75 Å². The van der Waals surface area contributed by atoms with Crippen molar-refractivity contribution < 1.29 is 0 Å². The third-order valence-corrected chi connectivity index (χ3v) is 5.96. The summed E-state index contributed by atoms with van der Waals surface area (Å²) in [4.78, 5) is 1.53. The molecule has 86 valence electrons. The van der Waals surface area contributed by atoms with Crippen molar-refractivity contribution in [3.63, 3.8) is 0 Å². The van der Waals surface area contributed by atoms with Crippen molar-refractivity contribution in [2.24, 2.45) is 5.41 Å². The maximum absolute atomic E-state index is 2.48. The molecule has 0 amide bonds. The summed E-state index contributed by atoms with van der Waals surface area (Å²) < 4.78 is 0.450. The molecular formula is C15H20S. The summed E-state index contributed by atoms with van der Waals surface area (Å²) in [6.45, 7) is 7.39. The molecule has 0 radical (unpaired) electrons. The molecule has 0 N–H and O–H groups in total. The largest absolute Gasteiger partial charge is 0.119 e. The van der Waals surface area contributed by atoms with Crippen molar-refractivity contribution in [2.75, 3.05) is 0 Å². The van der Waals surface area contributed by atoms with E-state index in [1.54, 1.807) is 5.56 Å². The molecule has 0 nitrogen and oxygen atoms in total. The Hall–Kier alpha value is -0.430. The monoisotopic (exact) mass is 232 g/mol. The lowest BCUT2D eigenvalue weighted by atomic mass is 9.61. The highest BCUT2D eigenvalue weighted by molar-refractivity contribution is 8.01. The van der Waals surface area contributed by atoms with Gasteiger partial charge in [0.15, 0.2) is 0 Å². The van der Waals surface area contributed by atoms with Crippen LogP contribution in [0.15, 0.2) is 29.2 Å². The van der Waals surface area contributed by atoms with E-state index in [1.165, 1.54) is 24.2 Å². The van der Waals surface area contributed by atoms with Gasteiger partial charge < -0.3 is 0 Å². The number of fused-ring (bicyclic) bond motifs is 3. The minimum Gasteiger partial charge on any atom is -0.119 e. The second-order valence-corrected chi connectivity index (χ2v) is 7.80. The SMILES string of the molecule is CC1(C)CCC[C@@]2(C)Sc3ccccc3[C@@H]12. The van der Waals surface area contributed by atoms with Gasteiger partial charge >= 0.3 is 0 Å². The lowest BCUT2D eigenvalue weighted by molar-refractivity contribution is 0.169. The highest BCUT2D eigenvalue weighted by atomic mass is 32.2. The van der Waals surface area contributed by atoms with Gasteiger partial charge in [0.1, 0.15) is 0 Å². The van der Waals surface area contributed by atoms with Crippen molar-refractivity contribution in [1.82, 2.24) is 0 Å². The van der Waals surface area contributed by atoms with Gasteiger partial charge in [-0.2, -0.15) is 0 Å². The number of benzene rings is 1. The zero-order valence-corrected chi connectivity index (χ0v) is 11.2. The van der Waals surface area contributed by atoms with E-state index in [0.717, 1.165) is 5.92 Å². The average Bonchev–Trinajstić information content (AvgIpc) is 2.49. The van der Waals surface area contributed by atoms with Crippen LogP contribution >= 0.6 is 11.8 Å². The van der Waals surface area contributed by atoms with E-state index < -0.39 is 0 Å². The average molecular weight is 232 g/mol. The molecular weight excluding hydrogens is 212 g/mol. The summed E-state index contributed by atoms with van der Waals surface area (Å²) in [5, 5.41) is 0. The van der Waals surface area contributed by atoms with Gasteiger partial charge in [-0.25, -0.2) is 0 Å². The fourth-order valence-electron chi connectivity index (χ4n) is 3.93. The molecule has 1 fully saturated rings. The predicted molar refractivity (Wildman–Crippen MR) is 71.1 cm³/mol. The smallest absolute Gasteiger partial charge is 0.0253 e. The molecule has 2 aliphatic rings. The lowest BCUT2D eigenvalue weighted by Gasteiger charge is -2.46. The third-order valence-electron chi connectivity index (χ3n) is 4.46. The normalized spacial score (nSPS) is 35.6. The van der Waals surface area contributed by atoms with E-state index in [-0.39, 0.29) is 0 Å². The molecule has 0 saturated heterocycles. The van der Waals surface area contributed by atoms with Crippen molar-refractivity contribution in [3.05, 3.63) is 29.8 Å². The second kappa shape index (κ2) is 3.29. The first-order valence-corrected chi connectivity index (χ1v) is 7.13. The Morgan fingerprint density at radius 2 is 1.88 bits per heavy atom. The van der Waals surface area contributed by atoms with Crippen LogP contribution in [0.1, 0.15) is 51.5 Å². The standard InChI is InChI=1S/C15H20S/c1-14(2)9-6-10-15(3)13(14)11-7-4-5-8-12(11)16-15/h4-5,7-8,13H,6,9-10H2,1-3H3/t13-,15+/m0/s1. The Kier molecular flexibility index (Phi) is 2.20. The van der Waals surface area contributed by atoms with Gasteiger partial charge in [0.05, 0.1) is 0 Å². The van der Waals surface area contributed by atoms with Crippen molar-refractivity contribution in [3.8, 4) is 0 Å². The first-order chi connectivity index (χ1) is 7.53. The summed E-state index contributed by atoms with van der Waals surface area (Å²) in [7, 11) is 0. The Morgan fingerprint density at radius 1 is 1.12 bits per heavy atom. The number of hydrogen-bond donors (Lipinski definition) is 0. The zero-order valence-electron chi connectivity index (χ0n) is 10.4. The van der Waals surface area contributed by atoms with E-state index >= 15 is 0 Å². The highest BCUT2D eigenvalue weighted by Gasteiger charge is 2.52. The molecule has 0 aromatic heterocycles. The van der Waals surface area contributed by atoms with Crippen LogP contribution < -0.4 is 0 Å². The molecule has 1 saturated carbocycles. The molecule has 2 atom stereocenters. The molecule has 1 aromatic carbocycles. The van der Waals surface area contributed by atoms with Crippen LogP contribution in [0.2, 0.25) is 0 Å². The van der Waals surface area contributed by atoms with E-state index in [1.807, 2.05) is 0 Å². The van der Waals surface area contributed by atoms with Gasteiger partial charge in [-0.05, 0) is 36.8 Å². The number of thioether (sulfide) groups is 1. The molecule has 1 aliphatic heterocycles. The van der Waals surface area contributed by atoms with Gasteiger partial charge in [-0.15, -0.1) is 11.8 Å². The quantitative estimate of drug-likeness (QED) is 0.616. The number of hydrogen-bond acceptors (Lipinski definition) is 1. The summed E-state index contributed by atoms with van der Waals surface area (Å²) >= 11 is 2.12. The third kappa shape index (κ3) is 1.37. The molecule has 0 bridgehead atoms. The molecule has 0 spiro atoms. The summed E-state index contributed by atoms with van der Waals surface area (Å²) in [6, 6.07) is 9.04. The Labute approximate surface area is 103 Å². The Bertz CT molecular complexity index is 421. The van der Waals surface area contributed by atoms with Crippen LogP contribution in [0.4, 0.5) is 0 Å². The van der Waals surface area contributed by atoms with Crippen LogP contribution in [0.5, 0.6) is 0 Å². The summed E-state index contributed by atoms with van der Waals surface area (Å²) in [5.41, 5.74) is 2.08. The van der Waals surface area contributed by atoms with E-state index in [9.17, 15) is 0 Å². The summed E-state index contributed by atoms with van der Waals surface area (Å²) in [6.07, 6.45) is 4.14. The molecule has 1 heterocycles. The zero-order chi connectivity index (χ0) is 11.4. The van der Waals surface area contributed by atoms with Crippen LogP contribution in [0, 0.1) is 5.41 Å². The van der Waals surface area contributed by atoms with Crippen molar-refractivity contribution in [1.29, 1.82) is 0 Å². The van der Waals surface area contributed by atoms with Crippen molar-refractivity contribution >= 4 is 11.8 Å². The fourth-order valence-corrected chi connectivity index (χ4v) is 5.70. The summed E-state index contributed by atoms with van der Waals surface area (Å²) in [5.74, 6) is 0.745. The maximum Gasteiger partial charge on any atom is 0.0253 e. The van der Waals surface area contributed by atoms with E-state index in [4.69, 9.17) is 0 Å². The molecule has 0 unspecified atom stereocenters. The maximum atomic E-state index is 2.48. The highest BCUT2D eigenvalue weighted by Crippen LogP contribution is 2.64. The van der Waals surface area contributed by atoms with Gasteiger partial charge in [0.25, 0.3) is 0 Å². The molecule has 1 aliphatic carbocycles. The molecule has 3 rings (SSSR count). The molecule has 16 heavy (non-hydrogen) atoms. The fraction of sp³-hybridized carbons (Fsp3) is 0.600. The van der Waals surface area contributed by atoms with Crippen molar-refractivity contribution in [2.45, 2.75) is 55.6 Å². The van der Waals surface area contributed by atoms with Gasteiger partial charge in [-0.3, -0.25) is 0 Å². The molecule has 1 aromatic rings. The first-order valence-electron chi connectivity index (χ1n) is 6.31. The van der Waals surface area contributed by atoms with Gasteiger partial charge in [0.2, 0.25) is 0 Å². The van der Waals surface area contributed by atoms with E-state index in [2.05, 4.69) is 56.8 Å².